The summed E-state index contributed by atoms with van der Waals surface area (Å²) in [6.45, 7) is 4.41. The summed E-state index contributed by atoms with van der Waals surface area (Å²) in [5, 5.41) is 25.6. The van der Waals surface area contributed by atoms with Gasteiger partial charge in [-0.05, 0) is 30.5 Å². The van der Waals surface area contributed by atoms with Gasteiger partial charge in [-0.3, -0.25) is 23.2 Å². The van der Waals surface area contributed by atoms with Crippen LogP contribution in [0.4, 0.5) is 5.82 Å². The van der Waals surface area contributed by atoms with Crippen molar-refractivity contribution in [2.45, 2.75) is 84.0 Å². The minimum Gasteiger partial charge on any atom is -0.438 e. The lowest BCUT2D eigenvalue weighted by Gasteiger charge is -2.20. The smallest absolute Gasteiger partial charge is 0.351 e. The molecule has 46 heavy (non-hydrogen) atoms. The van der Waals surface area contributed by atoms with Crippen LogP contribution in [0, 0.1) is 11.8 Å². The second kappa shape index (κ2) is 15.2. The van der Waals surface area contributed by atoms with Gasteiger partial charge in [0.15, 0.2) is 21.6 Å². The maximum Gasteiger partial charge on any atom is 0.351 e. The van der Waals surface area contributed by atoms with Crippen LogP contribution in [0.25, 0.3) is 11.0 Å². The number of sulfone groups is 1. The molecule has 2 aromatic rings. The van der Waals surface area contributed by atoms with Crippen molar-refractivity contribution in [3.8, 4) is 0 Å². The average Bonchev–Trinajstić information content (AvgIpc) is 3.69. The number of nitrogens with one attached hydrogen (secondary N) is 1. The number of esters is 2. The van der Waals surface area contributed by atoms with Gasteiger partial charge in [0, 0.05) is 12.2 Å². The summed E-state index contributed by atoms with van der Waals surface area (Å²) in [5.41, 5.74) is -0.949. The fourth-order valence-electron chi connectivity index (χ4n) is 5.00. The molecule has 0 radical (unpaired) electrons. The van der Waals surface area contributed by atoms with E-state index in [1.807, 2.05) is 0 Å². The Labute approximate surface area is 271 Å². The number of aliphatic hydroxyl groups excluding tert-OH is 2. The molecular formula is C27H40ClN4O12PS. The van der Waals surface area contributed by atoms with Gasteiger partial charge in [-0.25, -0.2) is 13.4 Å². The molecule has 1 aliphatic heterocycles. The van der Waals surface area contributed by atoms with Gasteiger partial charge in [-0.1, -0.05) is 40.5 Å². The third-order valence-corrected chi connectivity index (χ3v) is 12.3. The van der Waals surface area contributed by atoms with Crippen LogP contribution in [0.3, 0.4) is 0 Å². The molecule has 2 fully saturated rings. The van der Waals surface area contributed by atoms with Crippen LogP contribution < -0.4 is 5.32 Å². The Kier molecular flexibility index (Phi) is 12.1. The number of carbonyl (C=O) groups is 2. The topological polar surface area (TPSA) is 215 Å². The first-order valence-electron chi connectivity index (χ1n) is 14.8. The summed E-state index contributed by atoms with van der Waals surface area (Å²) < 4.78 is 67.0. The molecule has 0 aromatic carbocycles. The van der Waals surface area contributed by atoms with E-state index in [1.165, 1.54) is 4.57 Å². The lowest BCUT2D eigenvalue weighted by Crippen LogP contribution is -2.36. The monoisotopic (exact) mass is 710 g/mol. The zero-order valence-electron chi connectivity index (χ0n) is 25.9. The van der Waals surface area contributed by atoms with Crippen molar-refractivity contribution in [1.29, 1.82) is 0 Å². The molecule has 258 valence electrons. The van der Waals surface area contributed by atoms with Gasteiger partial charge in [0.1, 0.15) is 29.8 Å². The zero-order valence-corrected chi connectivity index (χ0v) is 28.4. The van der Waals surface area contributed by atoms with Gasteiger partial charge in [0.25, 0.3) is 0 Å². The highest BCUT2D eigenvalue weighted by Gasteiger charge is 2.47. The van der Waals surface area contributed by atoms with Crippen LogP contribution in [0.5, 0.6) is 0 Å². The van der Waals surface area contributed by atoms with Crippen molar-refractivity contribution in [3.05, 3.63) is 17.5 Å². The normalized spacial score (nSPS) is 22.6. The van der Waals surface area contributed by atoms with E-state index in [9.17, 15) is 32.8 Å². The quantitative estimate of drug-likeness (QED) is 0.105. The Morgan fingerprint density at radius 1 is 1.07 bits per heavy atom. The Balaban J connectivity index is 1.48. The molecular weight excluding hydrogens is 671 g/mol. The van der Waals surface area contributed by atoms with Crippen molar-refractivity contribution in [2.24, 2.45) is 11.8 Å². The zero-order chi connectivity index (χ0) is 33.8. The second-order valence-electron chi connectivity index (χ2n) is 11.9. The van der Waals surface area contributed by atoms with Crippen LogP contribution in [-0.4, -0.2) is 94.3 Å². The maximum absolute atomic E-state index is 13.4. The number of carbonyl (C=O) groups excluding carboxylic acids is 2. The number of fused-ring (bicyclic) bond motifs is 1. The van der Waals surface area contributed by atoms with Crippen LogP contribution in [-0.2, 0) is 47.2 Å². The number of ether oxygens (including phenoxy) is 3. The third-order valence-electron chi connectivity index (χ3n) is 7.47. The molecule has 0 bridgehead atoms. The Bertz CT molecular complexity index is 1520. The van der Waals surface area contributed by atoms with Gasteiger partial charge >= 0.3 is 19.5 Å². The van der Waals surface area contributed by atoms with Crippen LogP contribution in [0.1, 0.15) is 59.6 Å². The van der Waals surface area contributed by atoms with Crippen LogP contribution >= 0.6 is 19.2 Å². The predicted octanol–water partition coefficient (Wildman–Crippen LogP) is 2.97. The number of aliphatic hydroxyl groups is 2. The maximum atomic E-state index is 13.4. The molecule has 1 saturated heterocycles. The number of halogens is 1. The van der Waals surface area contributed by atoms with E-state index in [0.29, 0.717) is 16.9 Å². The fraction of sp³-hybridized carbons (Fsp3) is 0.704. The number of aromatic nitrogens is 3. The molecule has 0 spiro atoms. The number of nitrogens with zero attached hydrogens (tertiary/aromatic N) is 3. The van der Waals surface area contributed by atoms with Crippen LogP contribution in [0.15, 0.2) is 12.3 Å². The van der Waals surface area contributed by atoms with Crippen molar-refractivity contribution in [1.82, 2.24) is 14.5 Å². The standard InChI is InChI=1S/C27H40ClN4O12PS/c1-15(2)25(35)40-12-42-45(37,43-13-41-26(36)16(3)4)14-46(38,39)11-19-20(33)21(34)24(44-19)32-10-9-18-22(29-17-7-5-6-8-17)30-27(28)31-23(18)32/h9-10,15-17,19-21,24,33-34H,5-8,11-14H2,1-4H3,(H,29,30,31)/t19-,20-,21-,24-/m1/s1. The highest BCUT2D eigenvalue weighted by Crippen LogP contribution is 2.50. The molecule has 19 heteroatoms. The summed E-state index contributed by atoms with van der Waals surface area (Å²) in [5.74, 6) is -2.89. The van der Waals surface area contributed by atoms with E-state index in [-0.39, 0.29) is 11.3 Å². The first kappa shape index (κ1) is 36.5. The lowest BCUT2D eigenvalue weighted by molar-refractivity contribution is -0.156. The third kappa shape index (κ3) is 9.16. The Morgan fingerprint density at radius 2 is 1.65 bits per heavy atom. The number of rotatable bonds is 15. The number of anilines is 1. The fourth-order valence-corrected chi connectivity index (χ4v) is 9.39. The molecule has 4 atom stereocenters. The van der Waals surface area contributed by atoms with Gasteiger partial charge in [0.2, 0.25) is 18.9 Å². The van der Waals surface area contributed by atoms with Crippen molar-refractivity contribution in [2.75, 3.05) is 30.1 Å². The average molecular weight is 711 g/mol. The van der Waals surface area contributed by atoms with E-state index in [2.05, 4.69) is 15.3 Å². The summed E-state index contributed by atoms with van der Waals surface area (Å²) in [6, 6.07) is 1.91. The molecule has 2 aromatic heterocycles. The number of hydrogen-bond acceptors (Lipinski definition) is 15. The molecule has 0 amide bonds. The van der Waals surface area contributed by atoms with Gasteiger partial charge in [-0.15, -0.1) is 0 Å². The predicted molar refractivity (Wildman–Crippen MR) is 164 cm³/mol. The minimum absolute atomic E-state index is 0.0611. The first-order valence-corrected chi connectivity index (χ1v) is 18.8. The van der Waals surface area contributed by atoms with E-state index in [0.717, 1.165) is 25.7 Å². The highest BCUT2D eigenvalue weighted by atomic mass is 35.5. The molecule has 3 heterocycles. The minimum atomic E-state index is -4.61. The van der Waals surface area contributed by atoms with E-state index >= 15 is 0 Å². The summed E-state index contributed by atoms with van der Waals surface area (Å²) in [6.07, 6.45) is -0.292. The van der Waals surface area contributed by atoms with Gasteiger partial charge in [0.05, 0.1) is 23.0 Å². The molecule has 16 nitrogen and oxygen atoms in total. The van der Waals surface area contributed by atoms with Crippen molar-refractivity contribution < 1.29 is 56.0 Å². The van der Waals surface area contributed by atoms with Gasteiger partial charge in [-0.2, -0.15) is 4.98 Å². The molecule has 1 saturated carbocycles. The Hall–Kier alpha value is -2.37. The molecule has 1 aliphatic carbocycles. The molecule has 0 unspecified atom stereocenters. The first-order chi connectivity index (χ1) is 21.6. The summed E-state index contributed by atoms with van der Waals surface area (Å²) in [4.78, 5) is 32.2. The van der Waals surface area contributed by atoms with Crippen LogP contribution in [0.2, 0.25) is 5.28 Å². The van der Waals surface area contributed by atoms with Crippen molar-refractivity contribution >= 4 is 57.8 Å². The number of hydrogen-bond donors (Lipinski definition) is 3. The lowest BCUT2D eigenvalue weighted by atomic mass is 10.1. The Morgan fingerprint density at radius 3 is 2.22 bits per heavy atom. The largest absolute Gasteiger partial charge is 0.438 e. The summed E-state index contributed by atoms with van der Waals surface area (Å²) >= 11 is 6.21. The molecule has 4 rings (SSSR count). The van der Waals surface area contributed by atoms with E-state index in [1.54, 1.807) is 40.0 Å². The molecule has 3 N–H and O–H groups in total. The highest BCUT2D eigenvalue weighted by molar-refractivity contribution is 7.97. The molecule has 2 aliphatic rings. The summed E-state index contributed by atoms with van der Waals surface area (Å²) in [7, 11) is -9.04. The SMILES string of the molecule is CC(C)C(=O)OCOP(=O)(CS(=O)(=O)C[C@H]1O[C@@H](n2ccc3c(NC4CCCC4)nc(Cl)nc32)[C@H](O)[C@@H]1O)OCOC(=O)C(C)C. The van der Waals surface area contributed by atoms with E-state index < -0.39 is 90.6 Å². The second-order valence-corrected chi connectivity index (χ2v) is 16.8. The van der Waals surface area contributed by atoms with Crippen molar-refractivity contribution in [3.63, 3.8) is 0 Å². The van der Waals surface area contributed by atoms with E-state index in [4.69, 9.17) is 34.9 Å². The van der Waals surface area contributed by atoms with Gasteiger partial charge < -0.3 is 34.3 Å².